The number of primary amides is 1. The Hall–Kier alpha value is -3.61. The van der Waals surface area contributed by atoms with Crippen molar-refractivity contribution >= 4 is 34.3 Å². The molecule has 1 saturated heterocycles. The minimum atomic E-state index is -0.515. The molecule has 1 fully saturated rings. The zero-order chi connectivity index (χ0) is 19.0. The van der Waals surface area contributed by atoms with E-state index >= 15 is 0 Å². The number of nitrogens with zero attached hydrogens (tertiary/aromatic N) is 1. The van der Waals surface area contributed by atoms with Crippen molar-refractivity contribution in [2.24, 2.45) is 11.7 Å². The maximum Gasteiger partial charge on any atom is 0.256 e. The molecule has 1 aliphatic heterocycles. The number of hydrogen-bond donors (Lipinski definition) is 3. The summed E-state index contributed by atoms with van der Waals surface area (Å²) in [6.45, 7) is 0.757. The summed E-state index contributed by atoms with van der Waals surface area (Å²) in [7, 11) is 0. The molecule has 136 valence electrons. The normalized spacial score (nSPS) is 14.0. The van der Waals surface area contributed by atoms with Crippen molar-refractivity contribution in [3.63, 3.8) is 0 Å². The highest BCUT2D eigenvalue weighted by Gasteiger charge is 2.36. The predicted molar refractivity (Wildman–Crippen MR) is 101 cm³/mol. The van der Waals surface area contributed by atoms with Crippen LogP contribution >= 0.6 is 0 Å². The van der Waals surface area contributed by atoms with Gasteiger partial charge in [-0.2, -0.15) is 0 Å². The second-order valence-electron chi connectivity index (χ2n) is 6.59. The van der Waals surface area contributed by atoms with Crippen LogP contribution in [0.25, 0.3) is 10.9 Å². The van der Waals surface area contributed by atoms with Gasteiger partial charge in [0, 0.05) is 41.4 Å². The number of aromatic amines is 1. The first-order valence-electron chi connectivity index (χ1n) is 8.59. The lowest BCUT2D eigenvalue weighted by Gasteiger charge is -2.38. The van der Waals surface area contributed by atoms with E-state index in [1.807, 2.05) is 24.3 Å². The average Bonchev–Trinajstić information content (AvgIpc) is 3.05. The van der Waals surface area contributed by atoms with Crippen molar-refractivity contribution in [3.8, 4) is 0 Å². The number of para-hydroxylation sites is 1. The van der Waals surface area contributed by atoms with Crippen LogP contribution in [0.4, 0.5) is 5.69 Å². The number of amides is 3. The van der Waals surface area contributed by atoms with Gasteiger partial charge < -0.3 is 20.9 Å². The molecular weight excluding hydrogens is 344 g/mol. The minimum Gasteiger partial charge on any atom is -0.366 e. The minimum absolute atomic E-state index is 0.0812. The predicted octanol–water partition coefficient (Wildman–Crippen LogP) is 1.98. The number of hydrogen-bond acceptors (Lipinski definition) is 3. The van der Waals surface area contributed by atoms with Crippen LogP contribution in [0, 0.1) is 5.92 Å². The maximum atomic E-state index is 12.7. The molecule has 1 aromatic heterocycles. The van der Waals surface area contributed by atoms with E-state index in [2.05, 4.69) is 10.3 Å². The van der Waals surface area contributed by atoms with Crippen molar-refractivity contribution in [2.75, 3.05) is 18.4 Å². The first-order chi connectivity index (χ1) is 13.0. The van der Waals surface area contributed by atoms with Crippen molar-refractivity contribution in [1.82, 2.24) is 9.88 Å². The highest BCUT2D eigenvalue weighted by molar-refractivity contribution is 6.07. The summed E-state index contributed by atoms with van der Waals surface area (Å²) >= 11 is 0. The molecular formula is C20H18N4O3. The average molecular weight is 362 g/mol. The second kappa shape index (κ2) is 6.60. The molecule has 27 heavy (non-hydrogen) atoms. The number of H-pyrrole nitrogens is 1. The number of likely N-dealkylation sites (tertiary alicyclic amines) is 1. The molecule has 4 rings (SSSR count). The molecule has 0 radical (unpaired) electrons. The van der Waals surface area contributed by atoms with Gasteiger partial charge in [0.15, 0.2) is 0 Å². The van der Waals surface area contributed by atoms with Crippen molar-refractivity contribution < 1.29 is 14.4 Å². The SMILES string of the molecule is NC(=O)c1ccc(NC(=O)C2CN(C(=O)c3c[nH]c4ccccc34)C2)cc1. The summed E-state index contributed by atoms with van der Waals surface area (Å²) in [5, 5.41) is 3.68. The van der Waals surface area contributed by atoms with Gasteiger partial charge in [0.05, 0.1) is 11.5 Å². The number of aromatic nitrogens is 1. The molecule has 0 atom stereocenters. The van der Waals surface area contributed by atoms with Gasteiger partial charge in [-0.05, 0) is 30.3 Å². The molecule has 0 spiro atoms. The Bertz CT molecular complexity index is 1030. The lowest BCUT2D eigenvalue weighted by atomic mass is 9.97. The van der Waals surface area contributed by atoms with Crippen LogP contribution in [-0.4, -0.2) is 40.7 Å². The van der Waals surface area contributed by atoms with E-state index in [4.69, 9.17) is 5.73 Å². The Morgan fingerprint density at radius 2 is 1.74 bits per heavy atom. The van der Waals surface area contributed by atoms with Gasteiger partial charge in [0.2, 0.25) is 11.8 Å². The molecule has 2 heterocycles. The Morgan fingerprint density at radius 1 is 1.04 bits per heavy atom. The largest absolute Gasteiger partial charge is 0.366 e. The van der Waals surface area contributed by atoms with Gasteiger partial charge in [-0.15, -0.1) is 0 Å². The fourth-order valence-electron chi connectivity index (χ4n) is 3.19. The molecule has 0 bridgehead atoms. The summed E-state index contributed by atoms with van der Waals surface area (Å²) in [5.41, 5.74) is 7.70. The quantitative estimate of drug-likeness (QED) is 0.660. The molecule has 0 unspecified atom stereocenters. The van der Waals surface area contributed by atoms with Gasteiger partial charge >= 0.3 is 0 Å². The summed E-state index contributed by atoms with van der Waals surface area (Å²) in [6.07, 6.45) is 1.71. The number of fused-ring (bicyclic) bond motifs is 1. The van der Waals surface area contributed by atoms with Crippen LogP contribution in [0.1, 0.15) is 20.7 Å². The van der Waals surface area contributed by atoms with E-state index in [0.29, 0.717) is 29.9 Å². The Morgan fingerprint density at radius 3 is 2.44 bits per heavy atom. The summed E-state index contributed by atoms with van der Waals surface area (Å²) < 4.78 is 0. The molecule has 2 aromatic carbocycles. The van der Waals surface area contributed by atoms with Gasteiger partial charge in [0.1, 0.15) is 0 Å². The van der Waals surface area contributed by atoms with Gasteiger partial charge in [-0.3, -0.25) is 14.4 Å². The van der Waals surface area contributed by atoms with Crippen LogP contribution in [-0.2, 0) is 4.79 Å². The van der Waals surface area contributed by atoms with Gasteiger partial charge in [-0.1, -0.05) is 18.2 Å². The molecule has 1 aliphatic rings. The van der Waals surface area contributed by atoms with E-state index in [1.165, 1.54) is 0 Å². The third-order valence-electron chi connectivity index (χ3n) is 4.80. The van der Waals surface area contributed by atoms with E-state index in [0.717, 1.165) is 10.9 Å². The topological polar surface area (TPSA) is 108 Å². The fourth-order valence-corrected chi connectivity index (χ4v) is 3.19. The Labute approximate surface area is 155 Å². The lowest BCUT2D eigenvalue weighted by molar-refractivity contribution is -0.123. The van der Waals surface area contributed by atoms with Crippen molar-refractivity contribution in [3.05, 3.63) is 65.9 Å². The molecule has 0 saturated carbocycles. The molecule has 7 heteroatoms. The number of nitrogens with one attached hydrogen (secondary N) is 2. The lowest BCUT2D eigenvalue weighted by Crippen LogP contribution is -2.54. The third kappa shape index (κ3) is 3.15. The highest BCUT2D eigenvalue weighted by atomic mass is 16.2. The second-order valence-corrected chi connectivity index (χ2v) is 6.59. The number of nitrogens with two attached hydrogens (primary N) is 1. The Kier molecular flexibility index (Phi) is 4.12. The summed E-state index contributed by atoms with van der Waals surface area (Å²) in [4.78, 5) is 40.8. The molecule has 3 aromatic rings. The van der Waals surface area contributed by atoms with Gasteiger partial charge in [-0.25, -0.2) is 0 Å². The molecule has 3 amide bonds. The van der Waals surface area contributed by atoms with Crippen LogP contribution in [0.5, 0.6) is 0 Å². The molecule has 0 aliphatic carbocycles. The first kappa shape index (κ1) is 16.8. The van der Waals surface area contributed by atoms with E-state index in [1.54, 1.807) is 35.4 Å². The van der Waals surface area contributed by atoms with Gasteiger partial charge in [0.25, 0.3) is 5.91 Å². The fraction of sp³-hybridized carbons (Fsp3) is 0.150. The van der Waals surface area contributed by atoms with E-state index in [9.17, 15) is 14.4 Å². The summed E-state index contributed by atoms with van der Waals surface area (Å²) in [6, 6.07) is 14.0. The Balaban J connectivity index is 1.36. The number of carbonyl (C=O) groups is 3. The van der Waals surface area contributed by atoms with E-state index < -0.39 is 5.91 Å². The third-order valence-corrected chi connectivity index (χ3v) is 4.80. The standard InChI is InChI=1S/C20H18N4O3/c21-18(25)12-5-7-14(8-6-12)23-19(26)13-10-24(11-13)20(27)16-9-22-17-4-2-1-3-15(16)17/h1-9,13,22H,10-11H2,(H2,21,25)(H,23,26). The monoisotopic (exact) mass is 362 g/mol. The van der Waals surface area contributed by atoms with Crippen LogP contribution < -0.4 is 11.1 Å². The smallest absolute Gasteiger partial charge is 0.256 e. The molecule has 7 nitrogen and oxygen atoms in total. The highest BCUT2D eigenvalue weighted by Crippen LogP contribution is 2.24. The van der Waals surface area contributed by atoms with E-state index in [-0.39, 0.29) is 17.7 Å². The maximum absolute atomic E-state index is 12.7. The number of anilines is 1. The number of benzene rings is 2. The van der Waals surface area contributed by atoms with Crippen molar-refractivity contribution in [1.29, 1.82) is 0 Å². The first-order valence-corrected chi connectivity index (χ1v) is 8.59. The van der Waals surface area contributed by atoms with Crippen molar-refractivity contribution in [2.45, 2.75) is 0 Å². The number of rotatable bonds is 4. The van der Waals surface area contributed by atoms with Crippen LogP contribution in [0.3, 0.4) is 0 Å². The van der Waals surface area contributed by atoms with Crippen LogP contribution in [0.2, 0.25) is 0 Å². The zero-order valence-electron chi connectivity index (χ0n) is 14.4. The molecule has 4 N–H and O–H groups in total. The number of carbonyl (C=O) groups excluding carboxylic acids is 3. The summed E-state index contributed by atoms with van der Waals surface area (Å²) in [5.74, 6) is -1.000. The zero-order valence-corrected chi connectivity index (χ0v) is 14.4. The van der Waals surface area contributed by atoms with Crippen LogP contribution in [0.15, 0.2) is 54.7 Å².